The number of carbonyl (C=O) groups excluding carboxylic acids is 3. The van der Waals surface area contributed by atoms with Crippen molar-refractivity contribution >= 4 is 45.1 Å². The monoisotopic (exact) mass is 674 g/mol. The number of ether oxygens (including phenoxy) is 1. The van der Waals surface area contributed by atoms with Gasteiger partial charge in [-0.3, -0.25) is 9.59 Å². The average Bonchev–Trinajstić information content (AvgIpc) is 3.72. The number of aliphatic carboxylic acids is 1. The van der Waals surface area contributed by atoms with Crippen LogP contribution in [0.15, 0.2) is 93.8 Å². The van der Waals surface area contributed by atoms with Gasteiger partial charge in [0.05, 0.1) is 29.7 Å². The number of rotatable bonds is 10. The van der Waals surface area contributed by atoms with Crippen LogP contribution >= 0.6 is 11.3 Å². The van der Waals surface area contributed by atoms with Gasteiger partial charge in [-0.1, -0.05) is 72.9 Å². The summed E-state index contributed by atoms with van der Waals surface area (Å²) in [5.41, 5.74) is 1.79. The number of sulfonamides is 1. The van der Waals surface area contributed by atoms with Crippen LogP contribution in [0.5, 0.6) is 0 Å². The summed E-state index contributed by atoms with van der Waals surface area (Å²) in [6.45, 7) is 2.18. The third kappa shape index (κ3) is 7.28. The molecule has 0 bridgehead atoms. The highest BCUT2D eigenvalue weighted by Gasteiger charge is 2.26. The van der Waals surface area contributed by atoms with E-state index in [1.165, 1.54) is 47.7 Å². The number of hydrogen-bond donors (Lipinski definition) is 2. The first-order valence-electron chi connectivity index (χ1n) is 14.6. The van der Waals surface area contributed by atoms with Crippen LogP contribution in [-0.4, -0.2) is 54.2 Å². The van der Waals surface area contributed by atoms with Crippen LogP contribution in [0.25, 0.3) is 11.1 Å². The molecule has 0 atom stereocenters. The lowest BCUT2D eigenvalue weighted by atomic mass is 10.0. The molecule has 1 aliphatic carbocycles. The van der Waals surface area contributed by atoms with Gasteiger partial charge in [-0.15, -0.1) is 0 Å². The van der Waals surface area contributed by atoms with E-state index < -0.39 is 33.8 Å². The summed E-state index contributed by atoms with van der Waals surface area (Å²) in [7, 11) is -3.21. The molecule has 4 aromatic rings. The Morgan fingerprint density at radius 1 is 0.957 bits per heavy atom. The SMILES string of the molecule is CCc1nn(Cc2ccc(-c3ccccc3S(=O)(=O)NC(=O)c3ccccc3C(=O)OC)cc2)c(=NC(=O)C2=C(C(=O)O)CCC2)s1. The fourth-order valence-electron chi connectivity index (χ4n) is 5.16. The number of methoxy groups -OCH3 is 1. The Morgan fingerprint density at radius 2 is 1.62 bits per heavy atom. The number of carboxylic acids is 1. The van der Waals surface area contributed by atoms with Gasteiger partial charge in [0.15, 0.2) is 0 Å². The van der Waals surface area contributed by atoms with Crippen LogP contribution in [0.4, 0.5) is 0 Å². The Kier molecular flexibility index (Phi) is 9.92. The largest absolute Gasteiger partial charge is 0.478 e. The van der Waals surface area contributed by atoms with Crippen molar-refractivity contribution in [1.29, 1.82) is 0 Å². The molecule has 2 N–H and O–H groups in total. The fraction of sp³-hybridized carbons (Fsp3) is 0.212. The fourth-order valence-corrected chi connectivity index (χ4v) is 7.19. The van der Waals surface area contributed by atoms with Gasteiger partial charge in [-0.25, -0.2) is 27.4 Å². The van der Waals surface area contributed by atoms with Gasteiger partial charge in [0.1, 0.15) is 5.01 Å². The summed E-state index contributed by atoms with van der Waals surface area (Å²) in [4.78, 5) is 54.1. The van der Waals surface area contributed by atoms with Crippen LogP contribution < -0.4 is 9.52 Å². The van der Waals surface area contributed by atoms with Crippen molar-refractivity contribution in [1.82, 2.24) is 14.5 Å². The molecule has 5 rings (SSSR count). The maximum Gasteiger partial charge on any atom is 0.338 e. The number of carbonyl (C=O) groups is 4. The van der Waals surface area contributed by atoms with Gasteiger partial charge in [0, 0.05) is 16.7 Å². The summed E-state index contributed by atoms with van der Waals surface area (Å²) in [6, 6.07) is 19.0. The number of benzene rings is 3. The van der Waals surface area contributed by atoms with E-state index in [1.54, 1.807) is 41.1 Å². The lowest BCUT2D eigenvalue weighted by Gasteiger charge is -2.13. The van der Waals surface area contributed by atoms with Crippen LogP contribution in [-0.2, 0) is 37.3 Å². The predicted molar refractivity (Wildman–Crippen MR) is 172 cm³/mol. The van der Waals surface area contributed by atoms with Crippen molar-refractivity contribution in [2.45, 2.75) is 44.0 Å². The third-order valence-electron chi connectivity index (χ3n) is 7.47. The average molecular weight is 675 g/mol. The molecule has 0 aliphatic heterocycles. The first-order valence-corrected chi connectivity index (χ1v) is 16.9. The Morgan fingerprint density at radius 3 is 2.30 bits per heavy atom. The molecule has 0 fully saturated rings. The molecule has 1 heterocycles. The number of hydrogen-bond acceptors (Lipinski definition) is 9. The van der Waals surface area contributed by atoms with Gasteiger partial charge in [-0.05, 0) is 55.0 Å². The molecule has 0 unspecified atom stereocenters. The molecule has 0 saturated heterocycles. The summed E-state index contributed by atoms with van der Waals surface area (Å²) in [6.07, 6.45) is 1.91. The van der Waals surface area contributed by atoms with E-state index in [0.717, 1.165) is 17.7 Å². The minimum absolute atomic E-state index is 0.0726. The zero-order valence-corrected chi connectivity index (χ0v) is 27.1. The van der Waals surface area contributed by atoms with Gasteiger partial charge in [0.2, 0.25) is 4.80 Å². The minimum atomic E-state index is -4.38. The van der Waals surface area contributed by atoms with Crippen molar-refractivity contribution in [3.63, 3.8) is 0 Å². The second-order valence-electron chi connectivity index (χ2n) is 10.5. The lowest BCUT2D eigenvalue weighted by Crippen LogP contribution is -2.32. The second kappa shape index (κ2) is 14.1. The van der Waals surface area contributed by atoms with Crippen LogP contribution in [0.2, 0.25) is 0 Å². The van der Waals surface area contributed by atoms with Crippen molar-refractivity contribution in [2.75, 3.05) is 7.11 Å². The molecule has 2 amide bonds. The normalized spacial score (nSPS) is 13.4. The first-order chi connectivity index (χ1) is 22.5. The number of carboxylic acid groups (broad SMARTS) is 1. The maximum atomic E-state index is 13.4. The highest BCUT2D eigenvalue weighted by Crippen LogP contribution is 2.29. The van der Waals surface area contributed by atoms with Crippen LogP contribution in [0, 0.1) is 0 Å². The molecule has 0 saturated carbocycles. The molecule has 1 aromatic heterocycles. The van der Waals surface area contributed by atoms with Crippen molar-refractivity contribution in [3.05, 3.63) is 110 Å². The number of aryl methyl sites for hydroxylation is 1. The minimum Gasteiger partial charge on any atom is -0.478 e. The quantitative estimate of drug-likeness (QED) is 0.235. The molecule has 242 valence electrons. The highest BCUT2D eigenvalue weighted by molar-refractivity contribution is 7.90. The summed E-state index contributed by atoms with van der Waals surface area (Å²) in [5, 5.41) is 14.8. The third-order valence-corrected chi connectivity index (χ3v) is 9.95. The van der Waals surface area contributed by atoms with Gasteiger partial charge in [0.25, 0.3) is 21.8 Å². The number of amides is 2. The number of aromatic nitrogens is 2. The molecule has 0 radical (unpaired) electrons. The molecule has 3 aromatic carbocycles. The predicted octanol–water partition coefficient (Wildman–Crippen LogP) is 4.12. The Labute approximate surface area is 274 Å². The smallest absolute Gasteiger partial charge is 0.338 e. The summed E-state index contributed by atoms with van der Waals surface area (Å²) in [5.74, 6) is -3.44. The Bertz CT molecular complexity index is 2090. The molecular formula is C33H30N4O8S2. The zero-order chi connectivity index (χ0) is 33.7. The van der Waals surface area contributed by atoms with E-state index in [9.17, 15) is 32.7 Å². The molecule has 1 aliphatic rings. The van der Waals surface area contributed by atoms with Crippen molar-refractivity contribution < 1.29 is 37.4 Å². The standard InChI is InChI=1S/C33H30N4O8S2/c1-3-28-35-37(33(46-28)34-29(38)23-12-8-13-25(23)31(40)41)19-20-15-17-21(18-16-20)22-9-6-7-14-27(22)47(43,44)36-30(39)24-10-4-5-11-26(24)32(42)45-2/h4-7,9-11,14-18H,3,8,12-13,19H2,1-2H3,(H,36,39)(H,40,41). The summed E-state index contributed by atoms with van der Waals surface area (Å²) < 4.78 is 35.3. The first kappa shape index (κ1) is 33.2. The maximum absolute atomic E-state index is 13.4. The van der Waals surface area contributed by atoms with E-state index in [-0.39, 0.29) is 33.7 Å². The van der Waals surface area contributed by atoms with Crippen molar-refractivity contribution in [2.24, 2.45) is 4.99 Å². The molecular weight excluding hydrogens is 645 g/mol. The van der Waals surface area contributed by atoms with E-state index in [0.29, 0.717) is 41.6 Å². The van der Waals surface area contributed by atoms with Gasteiger partial charge in [-0.2, -0.15) is 10.1 Å². The highest BCUT2D eigenvalue weighted by atomic mass is 32.2. The van der Waals surface area contributed by atoms with E-state index >= 15 is 0 Å². The van der Waals surface area contributed by atoms with E-state index in [1.807, 2.05) is 6.92 Å². The number of nitrogens with zero attached hydrogens (tertiary/aromatic N) is 3. The topological polar surface area (TPSA) is 174 Å². The van der Waals surface area contributed by atoms with Crippen LogP contribution in [0.1, 0.15) is 57.5 Å². The Balaban J connectivity index is 1.40. The van der Waals surface area contributed by atoms with E-state index in [2.05, 4.69) is 14.8 Å². The van der Waals surface area contributed by atoms with Crippen molar-refractivity contribution in [3.8, 4) is 11.1 Å². The molecule has 0 spiro atoms. The number of esters is 1. The van der Waals surface area contributed by atoms with E-state index in [4.69, 9.17) is 4.74 Å². The molecule has 47 heavy (non-hydrogen) atoms. The second-order valence-corrected chi connectivity index (χ2v) is 13.2. The molecule has 14 heteroatoms. The van der Waals surface area contributed by atoms with Crippen LogP contribution in [0.3, 0.4) is 0 Å². The lowest BCUT2D eigenvalue weighted by molar-refractivity contribution is -0.133. The molecule has 12 nitrogen and oxygen atoms in total. The number of nitrogens with one attached hydrogen (secondary N) is 1. The summed E-state index contributed by atoms with van der Waals surface area (Å²) >= 11 is 1.25. The van der Waals surface area contributed by atoms with Gasteiger partial charge < -0.3 is 9.84 Å². The van der Waals surface area contributed by atoms with Gasteiger partial charge >= 0.3 is 11.9 Å². The Hall–Kier alpha value is -5.21. The zero-order valence-electron chi connectivity index (χ0n) is 25.4.